The number of hydrogen-bond donors (Lipinski definition) is 1. The van der Waals surface area contributed by atoms with Gasteiger partial charge in [0.15, 0.2) is 5.82 Å². The fourth-order valence-corrected chi connectivity index (χ4v) is 4.84. The first-order chi connectivity index (χ1) is 16.1. The number of aromatic nitrogens is 2. The van der Waals surface area contributed by atoms with E-state index in [1.807, 2.05) is 18.2 Å². The number of piperidine rings is 1. The summed E-state index contributed by atoms with van der Waals surface area (Å²) in [5.74, 6) is 1.67. The number of imidazole rings is 1. The first kappa shape index (κ1) is 22.2. The highest BCUT2D eigenvalue weighted by molar-refractivity contribution is 5.98. The third kappa shape index (κ3) is 4.86. The van der Waals surface area contributed by atoms with Crippen LogP contribution in [-0.2, 0) is 4.74 Å². The summed E-state index contributed by atoms with van der Waals surface area (Å²) in [5, 5.41) is 3.34. The van der Waals surface area contributed by atoms with Crippen molar-refractivity contribution >= 4 is 22.8 Å². The minimum atomic E-state index is -2.68. The molecule has 3 aliphatic rings. The average molecular weight is 460 g/mol. The number of nitrogens with one attached hydrogen (secondary N) is 1. The fraction of sp³-hybridized carbons (Fsp3) is 0.609. The Morgan fingerprint density at radius 1 is 1.15 bits per heavy atom. The molecule has 4 heterocycles. The monoisotopic (exact) mass is 459 g/mol. The molecule has 0 radical (unpaired) electrons. The Kier molecular flexibility index (Phi) is 6.55. The lowest BCUT2D eigenvalue weighted by Crippen LogP contribution is -2.47. The van der Waals surface area contributed by atoms with E-state index in [0.29, 0.717) is 49.1 Å². The Balaban J connectivity index is 1.46. The molecule has 2 saturated heterocycles. The van der Waals surface area contributed by atoms with Gasteiger partial charge < -0.3 is 24.4 Å². The van der Waals surface area contributed by atoms with Gasteiger partial charge in [0.2, 0.25) is 5.96 Å². The van der Waals surface area contributed by atoms with Crippen LogP contribution < -0.4 is 5.32 Å². The Morgan fingerprint density at radius 3 is 2.67 bits per heavy atom. The second kappa shape index (κ2) is 9.72. The van der Waals surface area contributed by atoms with E-state index >= 15 is 0 Å². The van der Waals surface area contributed by atoms with Gasteiger partial charge in [-0.25, -0.2) is 18.8 Å². The number of alkyl halides is 2. The number of aliphatic imine (C=N–C) groups is 2. The van der Waals surface area contributed by atoms with E-state index < -0.39 is 12.6 Å². The van der Waals surface area contributed by atoms with Crippen LogP contribution in [0.1, 0.15) is 37.7 Å². The van der Waals surface area contributed by atoms with E-state index in [1.165, 1.54) is 0 Å². The van der Waals surface area contributed by atoms with Crippen molar-refractivity contribution in [2.75, 3.05) is 53.0 Å². The predicted molar refractivity (Wildman–Crippen MR) is 124 cm³/mol. The summed E-state index contributed by atoms with van der Waals surface area (Å²) in [4.78, 5) is 18.4. The number of nitrogens with zero attached hydrogens (tertiary/aromatic N) is 6. The minimum Gasteiger partial charge on any atom is -0.378 e. The molecule has 8 nitrogen and oxygen atoms in total. The van der Waals surface area contributed by atoms with Gasteiger partial charge in [0.05, 0.1) is 24.2 Å². The normalized spacial score (nSPS) is 24.5. The molecular weight excluding hydrogens is 428 g/mol. The molecule has 1 N–H and O–H groups in total. The SMILES string of the molecule is CN1CCC(CN=C2N=C(N3CCOCC3)CC(n3c(C(F)F)nc4ccccc43)N2)CC1. The molecule has 0 spiro atoms. The largest absolute Gasteiger partial charge is 0.378 e. The first-order valence-corrected chi connectivity index (χ1v) is 11.7. The summed E-state index contributed by atoms with van der Waals surface area (Å²) in [7, 11) is 2.14. The maximum atomic E-state index is 14.0. The van der Waals surface area contributed by atoms with Crippen molar-refractivity contribution in [2.45, 2.75) is 31.9 Å². The van der Waals surface area contributed by atoms with Crippen LogP contribution in [-0.4, -0.2) is 84.1 Å². The van der Waals surface area contributed by atoms with Gasteiger partial charge in [-0.1, -0.05) is 12.1 Å². The van der Waals surface area contributed by atoms with Gasteiger partial charge in [-0.05, 0) is 51.0 Å². The van der Waals surface area contributed by atoms with Gasteiger partial charge in [-0.2, -0.15) is 0 Å². The number of guanidine groups is 1. The number of morpholine rings is 1. The predicted octanol–water partition coefficient (Wildman–Crippen LogP) is 2.89. The second-order valence-corrected chi connectivity index (χ2v) is 9.03. The highest BCUT2D eigenvalue weighted by atomic mass is 19.3. The van der Waals surface area contributed by atoms with Crippen LogP contribution in [0.4, 0.5) is 8.78 Å². The van der Waals surface area contributed by atoms with Gasteiger partial charge in [0, 0.05) is 26.1 Å². The molecule has 1 aromatic carbocycles. The molecule has 0 amide bonds. The molecule has 2 fully saturated rings. The lowest BCUT2D eigenvalue weighted by molar-refractivity contribution is 0.0664. The van der Waals surface area contributed by atoms with Crippen LogP contribution in [0, 0.1) is 5.92 Å². The number of fused-ring (bicyclic) bond motifs is 1. The van der Waals surface area contributed by atoms with Crippen LogP contribution in [0.5, 0.6) is 0 Å². The molecule has 0 aliphatic carbocycles. The van der Waals surface area contributed by atoms with Crippen LogP contribution in [0.2, 0.25) is 0 Å². The van der Waals surface area contributed by atoms with E-state index in [0.717, 1.165) is 44.9 Å². The lowest BCUT2D eigenvalue weighted by Gasteiger charge is -2.35. The Morgan fingerprint density at radius 2 is 1.91 bits per heavy atom. The molecule has 1 unspecified atom stereocenters. The standard InChI is InChI=1S/C23H31F2N7O/c1-30-8-6-16(7-9-30)15-26-23-28-19(31-10-12-33-13-11-31)14-20(29-23)32-18-5-3-2-4-17(18)27-22(32)21(24)25/h2-5,16,20-21H,6-15H2,1H3,(H,26,29). The Labute approximate surface area is 192 Å². The maximum absolute atomic E-state index is 14.0. The highest BCUT2D eigenvalue weighted by Gasteiger charge is 2.31. The molecule has 2 aromatic rings. The zero-order chi connectivity index (χ0) is 22.8. The number of likely N-dealkylation sites (tertiary alicyclic amines) is 1. The summed E-state index contributed by atoms with van der Waals surface area (Å²) in [6.45, 7) is 5.58. The van der Waals surface area contributed by atoms with Gasteiger partial charge >= 0.3 is 0 Å². The van der Waals surface area contributed by atoms with E-state index in [1.54, 1.807) is 10.6 Å². The third-order valence-electron chi connectivity index (χ3n) is 6.75. The van der Waals surface area contributed by atoms with E-state index in [2.05, 4.69) is 27.1 Å². The van der Waals surface area contributed by atoms with Crippen molar-refractivity contribution in [1.82, 2.24) is 24.7 Å². The van der Waals surface area contributed by atoms with Gasteiger partial charge in [-0.15, -0.1) is 0 Å². The zero-order valence-electron chi connectivity index (χ0n) is 19.0. The van der Waals surface area contributed by atoms with Crippen LogP contribution in [0.3, 0.4) is 0 Å². The molecule has 0 bridgehead atoms. The zero-order valence-corrected chi connectivity index (χ0v) is 19.0. The summed E-state index contributed by atoms with van der Waals surface area (Å²) in [6.07, 6.45) is -0.415. The van der Waals surface area contributed by atoms with Crippen LogP contribution in [0.15, 0.2) is 34.3 Å². The smallest absolute Gasteiger partial charge is 0.295 e. The van der Waals surface area contributed by atoms with Crippen molar-refractivity contribution in [1.29, 1.82) is 0 Å². The Bertz CT molecular complexity index is 1020. The number of rotatable bonds is 4. The number of benzene rings is 1. The van der Waals surface area contributed by atoms with Gasteiger partial charge in [-0.3, -0.25) is 4.99 Å². The minimum absolute atomic E-state index is 0.230. The lowest BCUT2D eigenvalue weighted by atomic mass is 9.97. The number of hydrogen-bond acceptors (Lipinski definition) is 5. The molecule has 1 aromatic heterocycles. The van der Waals surface area contributed by atoms with E-state index in [9.17, 15) is 8.78 Å². The van der Waals surface area contributed by atoms with E-state index in [4.69, 9.17) is 14.7 Å². The Hall–Kier alpha value is -2.59. The number of para-hydroxylation sites is 2. The molecule has 3 aliphatic heterocycles. The van der Waals surface area contributed by atoms with Crippen molar-refractivity contribution in [3.05, 3.63) is 30.1 Å². The average Bonchev–Trinajstić information content (AvgIpc) is 3.24. The summed E-state index contributed by atoms with van der Waals surface area (Å²) < 4.78 is 35.1. The van der Waals surface area contributed by atoms with Crippen molar-refractivity contribution < 1.29 is 13.5 Å². The van der Waals surface area contributed by atoms with Gasteiger partial charge in [0.1, 0.15) is 12.0 Å². The van der Waals surface area contributed by atoms with Crippen molar-refractivity contribution in [3.63, 3.8) is 0 Å². The highest BCUT2D eigenvalue weighted by Crippen LogP contribution is 2.30. The fourth-order valence-electron chi connectivity index (χ4n) is 4.84. The number of halogens is 2. The van der Waals surface area contributed by atoms with Crippen molar-refractivity contribution in [3.8, 4) is 0 Å². The third-order valence-corrected chi connectivity index (χ3v) is 6.75. The molecule has 33 heavy (non-hydrogen) atoms. The molecule has 0 saturated carbocycles. The molecule has 10 heteroatoms. The summed E-state index contributed by atoms with van der Waals surface area (Å²) in [6, 6.07) is 7.28. The quantitative estimate of drug-likeness (QED) is 0.762. The number of amidine groups is 1. The molecule has 1 atom stereocenters. The van der Waals surface area contributed by atoms with Crippen LogP contribution in [0.25, 0.3) is 11.0 Å². The topological polar surface area (TPSA) is 70.3 Å². The second-order valence-electron chi connectivity index (χ2n) is 9.03. The van der Waals surface area contributed by atoms with Gasteiger partial charge in [0.25, 0.3) is 6.43 Å². The summed E-state index contributed by atoms with van der Waals surface area (Å²) in [5.41, 5.74) is 1.25. The van der Waals surface area contributed by atoms with Crippen LogP contribution >= 0.6 is 0 Å². The maximum Gasteiger partial charge on any atom is 0.295 e. The first-order valence-electron chi connectivity index (χ1n) is 11.7. The van der Waals surface area contributed by atoms with E-state index in [-0.39, 0.29) is 5.82 Å². The molecular formula is C23H31F2N7O. The summed E-state index contributed by atoms with van der Waals surface area (Å²) >= 11 is 0. The number of ether oxygens (including phenoxy) is 1. The van der Waals surface area contributed by atoms with Crippen molar-refractivity contribution in [2.24, 2.45) is 15.9 Å². The molecule has 178 valence electrons. The molecule has 5 rings (SSSR count).